The SMILES string of the molecule is Cc1nnc(-c2c(CCC3CCOCC3)nc3c(c2-c2cc4ccnc(NCc5ccc(F)c(F)c5)c4s2)S(=O)(=O)N2CCC[C@H]32)o1. The van der Waals surface area contributed by atoms with E-state index in [4.69, 9.17) is 14.1 Å². The summed E-state index contributed by atoms with van der Waals surface area (Å²) in [5, 5.41) is 12.6. The summed E-state index contributed by atoms with van der Waals surface area (Å²) in [5.41, 5.74) is 2.98. The van der Waals surface area contributed by atoms with E-state index in [0.717, 1.165) is 66.8 Å². The zero-order valence-corrected chi connectivity index (χ0v) is 27.3. The number of sulfonamides is 1. The molecule has 244 valence electrons. The Balaban J connectivity index is 1.29. The smallest absolute Gasteiger partial charge is 0.250 e. The van der Waals surface area contributed by atoms with Crippen molar-refractivity contribution in [2.45, 2.75) is 62.9 Å². The lowest BCUT2D eigenvalue weighted by Gasteiger charge is -2.22. The van der Waals surface area contributed by atoms with Gasteiger partial charge in [-0.05, 0) is 79.7 Å². The van der Waals surface area contributed by atoms with Crippen LogP contribution in [-0.4, -0.2) is 52.6 Å². The molecule has 0 spiro atoms. The number of rotatable bonds is 8. The van der Waals surface area contributed by atoms with Gasteiger partial charge in [-0.2, -0.15) is 4.31 Å². The van der Waals surface area contributed by atoms with Gasteiger partial charge in [0.05, 0.1) is 27.7 Å². The number of anilines is 1. The van der Waals surface area contributed by atoms with Gasteiger partial charge in [-0.1, -0.05) is 6.07 Å². The molecule has 0 unspecified atom stereocenters. The minimum Gasteiger partial charge on any atom is -0.421 e. The number of hydrogen-bond acceptors (Lipinski definition) is 10. The normalized spacial score (nSPS) is 19.3. The van der Waals surface area contributed by atoms with Gasteiger partial charge in [0.1, 0.15) is 10.7 Å². The summed E-state index contributed by atoms with van der Waals surface area (Å²) in [6, 6.07) is 7.30. The molecule has 1 aromatic carbocycles. The van der Waals surface area contributed by atoms with E-state index >= 15 is 0 Å². The van der Waals surface area contributed by atoms with Crippen molar-refractivity contribution in [1.82, 2.24) is 24.5 Å². The van der Waals surface area contributed by atoms with Crippen molar-refractivity contribution in [1.29, 1.82) is 0 Å². The highest BCUT2D eigenvalue weighted by molar-refractivity contribution is 7.89. The molecule has 0 bridgehead atoms. The lowest BCUT2D eigenvalue weighted by Crippen LogP contribution is -2.23. The summed E-state index contributed by atoms with van der Waals surface area (Å²) in [7, 11) is -3.87. The van der Waals surface area contributed by atoms with Crippen molar-refractivity contribution in [2.24, 2.45) is 5.92 Å². The second-order valence-corrected chi connectivity index (χ2v) is 15.2. The summed E-state index contributed by atoms with van der Waals surface area (Å²) in [6.07, 6.45) is 6.61. The molecule has 1 N–H and O–H groups in total. The van der Waals surface area contributed by atoms with Crippen molar-refractivity contribution < 1.29 is 26.4 Å². The quantitative estimate of drug-likeness (QED) is 0.189. The lowest BCUT2D eigenvalue weighted by atomic mass is 9.91. The largest absolute Gasteiger partial charge is 0.421 e. The van der Waals surface area contributed by atoms with Crippen LogP contribution in [0.15, 0.2) is 45.8 Å². The Kier molecular flexibility index (Phi) is 7.78. The molecule has 3 aliphatic heterocycles. The maximum atomic E-state index is 14.3. The van der Waals surface area contributed by atoms with E-state index in [1.54, 1.807) is 17.4 Å². The first kappa shape index (κ1) is 30.5. The number of nitrogens with one attached hydrogen (secondary N) is 1. The molecule has 1 atom stereocenters. The van der Waals surface area contributed by atoms with Crippen LogP contribution in [0.2, 0.25) is 0 Å². The predicted molar refractivity (Wildman–Crippen MR) is 172 cm³/mol. The van der Waals surface area contributed by atoms with Gasteiger partial charge >= 0.3 is 0 Å². The Hall–Kier alpha value is -3.85. The molecule has 4 aromatic heterocycles. The van der Waals surface area contributed by atoms with E-state index in [9.17, 15) is 17.2 Å². The third-order valence-electron chi connectivity index (χ3n) is 9.33. The summed E-state index contributed by atoms with van der Waals surface area (Å²) >= 11 is 1.41. The predicted octanol–water partition coefficient (Wildman–Crippen LogP) is 6.81. The van der Waals surface area contributed by atoms with Gasteiger partial charge in [-0.3, -0.25) is 4.98 Å². The van der Waals surface area contributed by atoms with Crippen LogP contribution in [-0.2, 0) is 27.7 Å². The number of thiophene rings is 1. The van der Waals surface area contributed by atoms with Crippen LogP contribution in [0.1, 0.15) is 61.0 Å². The monoisotopic (exact) mass is 678 g/mol. The summed E-state index contributed by atoms with van der Waals surface area (Å²) in [4.78, 5) is 10.6. The average Bonchev–Trinajstić information content (AvgIpc) is 3.86. The van der Waals surface area contributed by atoms with E-state index in [-0.39, 0.29) is 23.4 Å². The number of aromatic nitrogens is 4. The third-order valence-corrected chi connectivity index (χ3v) is 12.5. The molecular weight excluding hydrogens is 647 g/mol. The van der Waals surface area contributed by atoms with Crippen LogP contribution in [0, 0.1) is 24.5 Å². The topological polar surface area (TPSA) is 123 Å². The Morgan fingerprint density at radius 3 is 2.70 bits per heavy atom. The van der Waals surface area contributed by atoms with Crippen LogP contribution in [0.25, 0.3) is 32.0 Å². The number of ether oxygens (including phenoxy) is 1. The minimum absolute atomic E-state index is 0.207. The highest BCUT2D eigenvalue weighted by atomic mass is 32.2. The number of halogens is 2. The molecule has 2 fully saturated rings. The number of fused-ring (bicyclic) bond motifs is 4. The van der Waals surface area contributed by atoms with E-state index < -0.39 is 21.7 Å². The van der Waals surface area contributed by atoms with Crippen molar-refractivity contribution in [3.8, 4) is 21.9 Å². The molecule has 14 heteroatoms. The van der Waals surface area contributed by atoms with Gasteiger partial charge in [-0.25, -0.2) is 22.2 Å². The molecular formula is C33H32F2N6O4S2. The molecule has 0 amide bonds. The second kappa shape index (κ2) is 12.0. The maximum absolute atomic E-state index is 14.3. The van der Waals surface area contributed by atoms with E-state index in [0.29, 0.717) is 64.3 Å². The number of aryl methyl sites for hydroxylation is 2. The van der Waals surface area contributed by atoms with Crippen molar-refractivity contribution >= 4 is 37.3 Å². The van der Waals surface area contributed by atoms with Crippen molar-refractivity contribution in [3.63, 3.8) is 0 Å². The summed E-state index contributed by atoms with van der Waals surface area (Å²) < 4.78 is 70.0. The summed E-state index contributed by atoms with van der Waals surface area (Å²) in [6.45, 7) is 3.85. The standard InChI is InChI=1S/C33H32F2N6O4S2/c1-18-39-40-33(45-18)27-24(7-5-19-9-13-44-14-10-19)38-29-25-3-2-12-41(25)47(42,43)31(29)28(27)26-16-21-8-11-36-32(30(21)46-26)37-17-20-4-6-22(34)23(35)15-20/h4,6,8,11,15-16,19,25H,2-3,5,7,9-10,12-14,17H2,1H3,(H,36,37)/t25-/m1/s1. The van der Waals surface area contributed by atoms with Gasteiger partial charge in [0.2, 0.25) is 21.8 Å². The second-order valence-electron chi connectivity index (χ2n) is 12.3. The van der Waals surface area contributed by atoms with Gasteiger partial charge in [0, 0.05) is 49.9 Å². The highest BCUT2D eigenvalue weighted by Gasteiger charge is 2.49. The fraction of sp³-hybridized carbons (Fsp3) is 0.394. The Bertz CT molecular complexity index is 2110. The maximum Gasteiger partial charge on any atom is 0.250 e. The first-order valence-electron chi connectivity index (χ1n) is 15.8. The molecule has 0 saturated carbocycles. The molecule has 3 aliphatic rings. The van der Waals surface area contributed by atoms with Crippen LogP contribution in [0.5, 0.6) is 0 Å². The fourth-order valence-electron chi connectivity index (χ4n) is 7.01. The molecule has 5 aromatic rings. The lowest BCUT2D eigenvalue weighted by molar-refractivity contribution is 0.0639. The number of benzene rings is 1. The average molecular weight is 679 g/mol. The molecule has 7 heterocycles. The fourth-order valence-corrected chi connectivity index (χ4v) is 10.3. The first-order chi connectivity index (χ1) is 22.8. The molecule has 8 rings (SSSR count). The number of pyridine rings is 2. The van der Waals surface area contributed by atoms with Crippen molar-refractivity contribution in [2.75, 3.05) is 25.1 Å². The zero-order valence-electron chi connectivity index (χ0n) is 25.6. The molecule has 0 aliphatic carbocycles. The van der Waals surface area contributed by atoms with Crippen molar-refractivity contribution in [3.05, 3.63) is 71.0 Å². The zero-order chi connectivity index (χ0) is 32.3. The Morgan fingerprint density at radius 1 is 1.06 bits per heavy atom. The van der Waals surface area contributed by atoms with E-state index in [1.165, 1.54) is 17.4 Å². The van der Waals surface area contributed by atoms with E-state index in [1.807, 2.05) is 12.1 Å². The van der Waals surface area contributed by atoms with E-state index in [2.05, 4.69) is 20.5 Å². The van der Waals surface area contributed by atoms with Gasteiger partial charge < -0.3 is 14.5 Å². The Morgan fingerprint density at radius 2 is 1.91 bits per heavy atom. The van der Waals surface area contributed by atoms with Crippen LogP contribution in [0.4, 0.5) is 14.6 Å². The molecule has 0 radical (unpaired) electrons. The molecule has 10 nitrogen and oxygen atoms in total. The summed E-state index contributed by atoms with van der Waals surface area (Å²) in [5.74, 6) is -0.189. The number of hydrogen-bond donors (Lipinski definition) is 1. The minimum atomic E-state index is -3.87. The van der Waals surface area contributed by atoms with Gasteiger partial charge in [-0.15, -0.1) is 21.5 Å². The third kappa shape index (κ3) is 5.40. The molecule has 2 saturated heterocycles. The highest BCUT2D eigenvalue weighted by Crippen LogP contribution is 2.53. The Labute approximate surface area is 274 Å². The van der Waals surface area contributed by atoms with Gasteiger partial charge in [0.25, 0.3) is 0 Å². The number of nitrogens with zero attached hydrogens (tertiary/aromatic N) is 5. The van der Waals surface area contributed by atoms with Crippen LogP contribution >= 0.6 is 11.3 Å². The first-order valence-corrected chi connectivity index (χ1v) is 18.1. The van der Waals surface area contributed by atoms with Crippen LogP contribution < -0.4 is 5.32 Å². The molecule has 47 heavy (non-hydrogen) atoms. The van der Waals surface area contributed by atoms with Crippen LogP contribution in [0.3, 0.4) is 0 Å². The van der Waals surface area contributed by atoms with Gasteiger partial charge in [0.15, 0.2) is 11.6 Å².